The Morgan fingerprint density at radius 2 is 1.62 bits per heavy atom. The fourth-order valence-electron chi connectivity index (χ4n) is 5.17. The minimum Gasteiger partial charge on any atom is -0.493 e. The smallest absolute Gasteiger partial charge is 0.228 e. The first-order valence-corrected chi connectivity index (χ1v) is 16.4. The van der Waals surface area contributed by atoms with Crippen molar-refractivity contribution in [1.82, 2.24) is 4.90 Å². The highest BCUT2D eigenvalue weighted by atomic mass is 32.2. The van der Waals surface area contributed by atoms with Crippen molar-refractivity contribution >= 4 is 23.4 Å². The molecule has 1 aliphatic heterocycles. The molecule has 4 nitrogen and oxygen atoms in total. The fraction of sp³-hybridized carbons (Fsp3) is 0.571. The second kappa shape index (κ2) is 16.8. The molecular weight excluding hydrogens is 512 g/mol. The third-order valence-electron chi connectivity index (χ3n) is 7.39. The lowest BCUT2D eigenvalue weighted by Gasteiger charge is -2.23. The summed E-state index contributed by atoms with van der Waals surface area (Å²) >= 11 is 1.86. The molecule has 0 aromatic heterocycles. The topological polar surface area (TPSA) is 41.6 Å². The third kappa shape index (κ3) is 11.6. The summed E-state index contributed by atoms with van der Waals surface area (Å²) in [5.41, 5.74) is 4.20. The molecule has 0 bridgehead atoms. The van der Waals surface area contributed by atoms with E-state index in [-0.39, 0.29) is 11.3 Å². The molecular formula is C35H52N2O2S. The van der Waals surface area contributed by atoms with Gasteiger partial charge in [0.05, 0.1) is 18.9 Å². The summed E-state index contributed by atoms with van der Waals surface area (Å²) in [7, 11) is 0. The first-order valence-electron chi connectivity index (χ1n) is 15.4. The van der Waals surface area contributed by atoms with E-state index in [9.17, 15) is 4.79 Å². The lowest BCUT2D eigenvalue weighted by Crippen LogP contribution is -2.17. The van der Waals surface area contributed by atoms with Gasteiger partial charge >= 0.3 is 0 Å². The van der Waals surface area contributed by atoms with Gasteiger partial charge in [-0.2, -0.15) is 0 Å². The molecule has 0 fully saturated rings. The Bertz CT molecular complexity index is 1090. The van der Waals surface area contributed by atoms with Gasteiger partial charge in [0, 0.05) is 18.4 Å². The van der Waals surface area contributed by atoms with Crippen molar-refractivity contribution in [3.63, 3.8) is 0 Å². The van der Waals surface area contributed by atoms with Crippen LogP contribution in [-0.4, -0.2) is 23.3 Å². The average molecular weight is 565 g/mol. The number of carbonyl (C=O) groups excluding carboxylic acids is 1. The number of unbranched alkanes of at least 4 members (excludes halogenated alkanes) is 9. The Balaban J connectivity index is 1.48. The number of allylic oxidation sites excluding steroid dienone is 1. The van der Waals surface area contributed by atoms with Crippen molar-refractivity contribution in [2.45, 2.75) is 117 Å². The van der Waals surface area contributed by atoms with Gasteiger partial charge in [0.15, 0.2) is 0 Å². The van der Waals surface area contributed by atoms with E-state index in [1.54, 1.807) is 0 Å². The van der Waals surface area contributed by atoms with Crippen LogP contribution in [-0.2, 0) is 23.2 Å². The first kappa shape index (κ1) is 32.1. The molecule has 1 aliphatic rings. The van der Waals surface area contributed by atoms with Crippen molar-refractivity contribution in [1.29, 1.82) is 0 Å². The monoisotopic (exact) mass is 564 g/mol. The number of nitrogens with zero attached hydrogens (tertiary/aromatic N) is 1. The highest BCUT2D eigenvalue weighted by Crippen LogP contribution is 2.33. The Labute approximate surface area is 248 Å². The summed E-state index contributed by atoms with van der Waals surface area (Å²) in [5.74, 6) is 1.90. The van der Waals surface area contributed by atoms with E-state index in [0.29, 0.717) is 6.42 Å². The molecule has 0 atom stereocenters. The maximum atomic E-state index is 13.0. The molecule has 5 heteroatoms. The van der Waals surface area contributed by atoms with Gasteiger partial charge in [0.25, 0.3) is 0 Å². The van der Waals surface area contributed by atoms with Gasteiger partial charge in [0.2, 0.25) is 5.91 Å². The Hall–Kier alpha value is -2.40. The number of hydrogen-bond acceptors (Lipinski definition) is 4. The maximum absolute atomic E-state index is 13.0. The normalized spacial score (nSPS) is 13.4. The quantitative estimate of drug-likeness (QED) is 0.194. The number of anilines is 1. The standard InChI is InChI=1S/C35H52N2O2S/c1-6-7-8-9-10-11-12-13-14-15-21-39-33-23-29(19-20-32(33)35(3,4)5)24-34(38)36-31-18-16-17-30(22-31)26-37-25-28(2)40-27-37/h16-20,22-23,25H,6-15,21,24,26-27H2,1-5H3,(H,36,38). The van der Waals surface area contributed by atoms with E-state index in [2.05, 4.69) is 81.4 Å². The van der Waals surface area contributed by atoms with Crippen LogP contribution in [0.1, 0.15) is 116 Å². The number of rotatable bonds is 17. The largest absolute Gasteiger partial charge is 0.493 e. The van der Waals surface area contributed by atoms with E-state index < -0.39 is 0 Å². The van der Waals surface area contributed by atoms with Crippen LogP contribution < -0.4 is 10.1 Å². The van der Waals surface area contributed by atoms with Gasteiger partial charge in [-0.15, -0.1) is 11.8 Å². The number of benzene rings is 2. The molecule has 3 rings (SSSR count). The van der Waals surface area contributed by atoms with Crippen molar-refractivity contribution in [3.05, 3.63) is 70.3 Å². The second-order valence-electron chi connectivity index (χ2n) is 12.3. The van der Waals surface area contributed by atoms with Crippen LogP contribution in [0.15, 0.2) is 53.6 Å². The van der Waals surface area contributed by atoms with E-state index in [4.69, 9.17) is 4.74 Å². The van der Waals surface area contributed by atoms with Crippen molar-refractivity contribution in [2.75, 3.05) is 17.8 Å². The zero-order valence-electron chi connectivity index (χ0n) is 25.7. The molecule has 1 amide bonds. The van der Waals surface area contributed by atoms with Gasteiger partial charge < -0.3 is 15.0 Å². The second-order valence-corrected chi connectivity index (χ2v) is 13.5. The van der Waals surface area contributed by atoms with Crippen molar-refractivity contribution in [2.24, 2.45) is 0 Å². The summed E-state index contributed by atoms with van der Waals surface area (Å²) in [5, 5.41) is 3.10. The molecule has 0 spiro atoms. The highest BCUT2D eigenvalue weighted by Gasteiger charge is 2.20. The highest BCUT2D eigenvalue weighted by molar-refractivity contribution is 8.03. The summed E-state index contributed by atoms with van der Waals surface area (Å²) < 4.78 is 6.32. The zero-order chi connectivity index (χ0) is 28.8. The first-order chi connectivity index (χ1) is 19.2. The molecule has 2 aromatic rings. The molecule has 0 saturated carbocycles. The SMILES string of the molecule is CCCCCCCCCCCCOc1cc(CC(=O)Nc2cccc(CN3C=C(C)SC3)c2)ccc1C(C)(C)C. The summed E-state index contributed by atoms with van der Waals surface area (Å²) in [6.45, 7) is 12.6. The minimum atomic E-state index is -0.0179. The Morgan fingerprint density at radius 3 is 2.27 bits per heavy atom. The van der Waals surface area contributed by atoms with E-state index >= 15 is 0 Å². The summed E-state index contributed by atoms with van der Waals surface area (Å²) in [6.07, 6.45) is 15.7. The average Bonchev–Trinajstić information content (AvgIpc) is 3.31. The van der Waals surface area contributed by atoms with Crippen LogP contribution in [0.4, 0.5) is 5.69 Å². The molecule has 1 N–H and O–H groups in total. The Morgan fingerprint density at radius 1 is 0.925 bits per heavy atom. The summed E-state index contributed by atoms with van der Waals surface area (Å²) in [4.78, 5) is 16.6. The predicted octanol–water partition coefficient (Wildman–Crippen LogP) is 9.83. The van der Waals surface area contributed by atoms with Gasteiger partial charge in [-0.3, -0.25) is 4.79 Å². The van der Waals surface area contributed by atoms with E-state index in [1.807, 2.05) is 23.9 Å². The van der Waals surface area contributed by atoms with Crippen LogP contribution in [0.2, 0.25) is 0 Å². The zero-order valence-corrected chi connectivity index (χ0v) is 26.5. The van der Waals surface area contributed by atoms with Gasteiger partial charge in [-0.05, 0) is 58.6 Å². The molecule has 220 valence electrons. The molecule has 0 saturated heterocycles. The molecule has 0 aliphatic carbocycles. The Kier molecular flexibility index (Phi) is 13.5. The number of nitrogens with one attached hydrogen (secondary N) is 1. The van der Waals surface area contributed by atoms with Crippen LogP contribution in [0.3, 0.4) is 0 Å². The van der Waals surface area contributed by atoms with E-state index in [1.165, 1.54) is 73.8 Å². The fourth-order valence-corrected chi connectivity index (χ4v) is 5.93. The molecule has 0 unspecified atom stereocenters. The van der Waals surface area contributed by atoms with Crippen LogP contribution >= 0.6 is 11.8 Å². The lowest BCUT2D eigenvalue weighted by molar-refractivity contribution is -0.115. The number of carbonyl (C=O) groups is 1. The van der Waals surface area contributed by atoms with Crippen LogP contribution in [0.5, 0.6) is 5.75 Å². The number of amides is 1. The van der Waals surface area contributed by atoms with Crippen LogP contribution in [0.25, 0.3) is 0 Å². The number of ether oxygens (including phenoxy) is 1. The molecule has 1 heterocycles. The van der Waals surface area contributed by atoms with Crippen molar-refractivity contribution in [3.8, 4) is 5.75 Å². The number of hydrogen-bond donors (Lipinski definition) is 1. The molecule has 0 radical (unpaired) electrons. The van der Waals surface area contributed by atoms with Gasteiger partial charge in [-0.25, -0.2) is 0 Å². The van der Waals surface area contributed by atoms with Crippen LogP contribution in [0, 0.1) is 0 Å². The van der Waals surface area contributed by atoms with E-state index in [0.717, 1.165) is 42.4 Å². The molecule has 40 heavy (non-hydrogen) atoms. The molecule has 2 aromatic carbocycles. The summed E-state index contributed by atoms with van der Waals surface area (Å²) in [6, 6.07) is 14.5. The minimum absolute atomic E-state index is 0.00577. The van der Waals surface area contributed by atoms with Gasteiger partial charge in [0.1, 0.15) is 5.75 Å². The number of thioether (sulfide) groups is 1. The predicted molar refractivity (Wildman–Crippen MR) is 173 cm³/mol. The van der Waals surface area contributed by atoms with Gasteiger partial charge in [-0.1, -0.05) is 110 Å². The lowest BCUT2D eigenvalue weighted by atomic mass is 9.85. The maximum Gasteiger partial charge on any atom is 0.228 e. The third-order valence-corrected chi connectivity index (χ3v) is 8.41. The van der Waals surface area contributed by atoms with Crippen molar-refractivity contribution < 1.29 is 9.53 Å².